The molecule has 0 saturated heterocycles. The van der Waals surface area contributed by atoms with E-state index in [0.717, 1.165) is 25.2 Å². The first kappa shape index (κ1) is 15.0. The van der Waals surface area contributed by atoms with Crippen molar-refractivity contribution in [2.45, 2.75) is 58.4 Å². The topological polar surface area (TPSA) is 35.2 Å². The minimum absolute atomic E-state index is 0.168. The lowest BCUT2D eigenvalue weighted by Gasteiger charge is -2.12. The standard InChI is InChI=1S/C16H27NO/c1-3-5-7-8-16(17)14-9-11-15(12-10-14)18-13-6-4-2/h9-12,16H,3-8,13,17H2,1-2H3. The number of nitrogens with two attached hydrogens (primary N) is 1. The van der Waals surface area contributed by atoms with E-state index in [1.54, 1.807) is 0 Å². The Bertz CT molecular complexity index is 307. The smallest absolute Gasteiger partial charge is 0.119 e. The van der Waals surface area contributed by atoms with Gasteiger partial charge >= 0.3 is 0 Å². The molecule has 2 N–H and O–H groups in total. The van der Waals surface area contributed by atoms with Crippen LogP contribution in [0.3, 0.4) is 0 Å². The van der Waals surface area contributed by atoms with Gasteiger partial charge in [0.2, 0.25) is 0 Å². The van der Waals surface area contributed by atoms with E-state index >= 15 is 0 Å². The zero-order chi connectivity index (χ0) is 13.2. The minimum Gasteiger partial charge on any atom is -0.494 e. The van der Waals surface area contributed by atoms with E-state index in [4.69, 9.17) is 10.5 Å². The fraction of sp³-hybridized carbons (Fsp3) is 0.625. The monoisotopic (exact) mass is 249 g/mol. The highest BCUT2D eigenvalue weighted by Crippen LogP contribution is 2.20. The zero-order valence-corrected chi connectivity index (χ0v) is 11.8. The lowest BCUT2D eigenvalue weighted by atomic mass is 10.0. The van der Waals surface area contributed by atoms with Gasteiger partial charge in [0.25, 0.3) is 0 Å². The Hall–Kier alpha value is -1.02. The molecule has 0 aliphatic heterocycles. The maximum Gasteiger partial charge on any atom is 0.119 e. The molecule has 18 heavy (non-hydrogen) atoms. The van der Waals surface area contributed by atoms with Crippen molar-refractivity contribution in [2.75, 3.05) is 6.61 Å². The molecule has 0 bridgehead atoms. The van der Waals surface area contributed by atoms with Gasteiger partial charge in [-0.05, 0) is 30.5 Å². The fourth-order valence-electron chi connectivity index (χ4n) is 1.93. The number of hydrogen-bond acceptors (Lipinski definition) is 2. The fourth-order valence-corrected chi connectivity index (χ4v) is 1.93. The highest BCUT2D eigenvalue weighted by Gasteiger charge is 2.05. The van der Waals surface area contributed by atoms with E-state index in [1.807, 2.05) is 12.1 Å². The van der Waals surface area contributed by atoms with Crippen molar-refractivity contribution in [3.63, 3.8) is 0 Å². The predicted molar refractivity (Wildman–Crippen MR) is 77.9 cm³/mol. The largest absolute Gasteiger partial charge is 0.494 e. The van der Waals surface area contributed by atoms with Crippen LogP contribution in [0.15, 0.2) is 24.3 Å². The molecule has 2 heteroatoms. The molecule has 0 amide bonds. The molecule has 0 spiro atoms. The van der Waals surface area contributed by atoms with Crippen molar-refractivity contribution in [3.05, 3.63) is 29.8 Å². The summed E-state index contributed by atoms with van der Waals surface area (Å²) in [5.74, 6) is 0.952. The lowest BCUT2D eigenvalue weighted by molar-refractivity contribution is 0.309. The Morgan fingerprint density at radius 2 is 1.67 bits per heavy atom. The van der Waals surface area contributed by atoms with Gasteiger partial charge in [-0.15, -0.1) is 0 Å². The third-order valence-corrected chi connectivity index (χ3v) is 3.19. The number of rotatable bonds is 9. The molecular formula is C16H27NO. The van der Waals surface area contributed by atoms with E-state index in [0.29, 0.717) is 0 Å². The predicted octanol–water partition coefficient (Wildman–Crippen LogP) is 4.45. The molecular weight excluding hydrogens is 222 g/mol. The summed E-state index contributed by atoms with van der Waals surface area (Å²) in [4.78, 5) is 0. The highest BCUT2D eigenvalue weighted by molar-refractivity contribution is 5.28. The average molecular weight is 249 g/mol. The highest BCUT2D eigenvalue weighted by atomic mass is 16.5. The molecule has 1 unspecified atom stereocenters. The van der Waals surface area contributed by atoms with Crippen LogP contribution in [-0.4, -0.2) is 6.61 Å². The molecule has 1 aromatic carbocycles. The van der Waals surface area contributed by atoms with Crippen LogP contribution in [0, 0.1) is 0 Å². The second-order valence-corrected chi connectivity index (χ2v) is 4.87. The maximum absolute atomic E-state index is 6.17. The SMILES string of the molecule is CCCCCC(N)c1ccc(OCCCC)cc1. The molecule has 1 rings (SSSR count). The minimum atomic E-state index is 0.168. The van der Waals surface area contributed by atoms with Crippen molar-refractivity contribution in [3.8, 4) is 5.75 Å². The summed E-state index contributed by atoms with van der Waals surface area (Å²) < 4.78 is 5.64. The summed E-state index contributed by atoms with van der Waals surface area (Å²) in [5, 5.41) is 0. The van der Waals surface area contributed by atoms with Crippen LogP contribution in [0.2, 0.25) is 0 Å². The first-order chi connectivity index (χ1) is 8.77. The van der Waals surface area contributed by atoms with Crippen LogP contribution < -0.4 is 10.5 Å². The van der Waals surface area contributed by atoms with Gasteiger partial charge < -0.3 is 10.5 Å². The summed E-state index contributed by atoms with van der Waals surface area (Å²) in [7, 11) is 0. The Morgan fingerprint density at radius 3 is 2.28 bits per heavy atom. The van der Waals surface area contributed by atoms with Gasteiger partial charge in [0.1, 0.15) is 5.75 Å². The first-order valence-corrected chi connectivity index (χ1v) is 7.26. The molecule has 0 radical (unpaired) electrons. The van der Waals surface area contributed by atoms with E-state index in [1.165, 1.54) is 31.2 Å². The number of benzene rings is 1. The average Bonchev–Trinajstić information content (AvgIpc) is 2.40. The molecule has 0 saturated carbocycles. The Balaban J connectivity index is 2.38. The molecule has 2 nitrogen and oxygen atoms in total. The molecule has 0 fully saturated rings. The summed E-state index contributed by atoms with van der Waals surface area (Å²) in [6.45, 7) is 5.19. The lowest BCUT2D eigenvalue weighted by Crippen LogP contribution is -2.10. The van der Waals surface area contributed by atoms with Gasteiger partial charge in [0.05, 0.1) is 6.61 Å². The van der Waals surface area contributed by atoms with Crippen molar-refractivity contribution in [2.24, 2.45) is 5.73 Å². The van der Waals surface area contributed by atoms with Gasteiger partial charge in [-0.2, -0.15) is 0 Å². The Morgan fingerprint density at radius 1 is 1.00 bits per heavy atom. The Kier molecular flexibility index (Phi) is 7.51. The van der Waals surface area contributed by atoms with E-state index in [9.17, 15) is 0 Å². The third-order valence-electron chi connectivity index (χ3n) is 3.19. The molecule has 1 atom stereocenters. The van der Waals surface area contributed by atoms with Crippen LogP contribution in [0.4, 0.5) is 0 Å². The number of unbranched alkanes of at least 4 members (excludes halogenated alkanes) is 3. The van der Waals surface area contributed by atoms with Crippen LogP contribution in [0.25, 0.3) is 0 Å². The van der Waals surface area contributed by atoms with Crippen LogP contribution in [0.1, 0.15) is 64.0 Å². The van der Waals surface area contributed by atoms with Gasteiger partial charge in [-0.1, -0.05) is 51.7 Å². The second-order valence-electron chi connectivity index (χ2n) is 4.87. The second kappa shape index (κ2) is 8.98. The van der Waals surface area contributed by atoms with E-state index < -0.39 is 0 Å². The quantitative estimate of drug-likeness (QED) is 0.656. The van der Waals surface area contributed by atoms with Crippen LogP contribution in [0.5, 0.6) is 5.75 Å². The van der Waals surface area contributed by atoms with Crippen molar-refractivity contribution >= 4 is 0 Å². The zero-order valence-electron chi connectivity index (χ0n) is 11.8. The van der Waals surface area contributed by atoms with E-state index in [-0.39, 0.29) is 6.04 Å². The molecule has 0 aliphatic carbocycles. The van der Waals surface area contributed by atoms with E-state index in [2.05, 4.69) is 26.0 Å². The molecule has 0 heterocycles. The van der Waals surface area contributed by atoms with Crippen LogP contribution >= 0.6 is 0 Å². The first-order valence-electron chi connectivity index (χ1n) is 7.26. The third kappa shape index (κ3) is 5.54. The molecule has 0 aromatic heterocycles. The number of hydrogen-bond donors (Lipinski definition) is 1. The van der Waals surface area contributed by atoms with Crippen molar-refractivity contribution < 1.29 is 4.74 Å². The maximum atomic E-state index is 6.17. The summed E-state index contributed by atoms with van der Waals surface area (Å²) in [5.41, 5.74) is 7.38. The van der Waals surface area contributed by atoms with Gasteiger partial charge in [0, 0.05) is 6.04 Å². The van der Waals surface area contributed by atoms with Crippen molar-refractivity contribution in [1.29, 1.82) is 0 Å². The normalized spacial score (nSPS) is 12.4. The summed E-state index contributed by atoms with van der Waals surface area (Å²) in [6.07, 6.45) is 7.08. The van der Waals surface area contributed by atoms with Gasteiger partial charge in [-0.25, -0.2) is 0 Å². The summed E-state index contributed by atoms with van der Waals surface area (Å²) in [6, 6.07) is 8.42. The van der Waals surface area contributed by atoms with Gasteiger partial charge in [0.15, 0.2) is 0 Å². The Labute approximate surface area is 112 Å². The van der Waals surface area contributed by atoms with Crippen molar-refractivity contribution in [1.82, 2.24) is 0 Å². The molecule has 102 valence electrons. The molecule has 1 aromatic rings. The number of ether oxygens (including phenoxy) is 1. The molecule has 0 aliphatic rings. The van der Waals surface area contributed by atoms with Gasteiger partial charge in [-0.3, -0.25) is 0 Å². The van der Waals surface area contributed by atoms with Crippen LogP contribution in [-0.2, 0) is 0 Å². The summed E-state index contributed by atoms with van der Waals surface area (Å²) >= 11 is 0.